The quantitative estimate of drug-likeness (QED) is 0.922. The van der Waals surface area contributed by atoms with Gasteiger partial charge in [-0.2, -0.15) is 0 Å². The first-order valence-corrected chi connectivity index (χ1v) is 6.84. The third-order valence-corrected chi connectivity index (χ3v) is 3.65. The highest BCUT2D eigenvalue weighted by Gasteiger charge is 2.25. The molecule has 1 aliphatic heterocycles. The van der Waals surface area contributed by atoms with Crippen LogP contribution in [0.5, 0.6) is 0 Å². The molecule has 0 spiro atoms. The van der Waals surface area contributed by atoms with Crippen molar-refractivity contribution in [1.29, 1.82) is 0 Å². The third-order valence-electron chi connectivity index (χ3n) is 3.65. The smallest absolute Gasteiger partial charge is 0.227 e. The molecule has 1 fully saturated rings. The van der Waals surface area contributed by atoms with Crippen LogP contribution in [-0.2, 0) is 11.2 Å². The Morgan fingerprint density at radius 2 is 2.00 bits per heavy atom. The van der Waals surface area contributed by atoms with Gasteiger partial charge in [0.1, 0.15) is 0 Å². The molecule has 1 unspecified atom stereocenters. The Hall–Kier alpha value is -1.06. The topological polar surface area (TPSA) is 46.3 Å². The molecule has 0 radical (unpaired) electrons. The summed E-state index contributed by atoms with van der Waals surface area (Å²) in [6.45, 7) is 1.57. The fraction of sp³-hybridized carbons (Fsp3) is 0.533. The summed E-state index contributed by atoms with van der Waals surface area (Å²) < 4.78 is 0. The molecule has 1 amide bonds. The Bertz CT molecular complexity index is 381. The van der Waals surface area contributed by atoms with Crippen molar-refractivity contribution in [1.82, 2.24) is 4.90 Å². The summed E-state index contributed by atoms with van der Waals surface area (Å²) in [5, 5.41) is 0. The van der Waals surface area contributed by atoms with E-state index in [1.54, 1.807) is 0 Å². The molecule has 4 heteroatoms. The number of rotatable bonds is 4. The van der Waals surface area contributed by atoms with Gasteiger partial charge in [-0.3, -0.25) is 4.79 Å². The summed E-state index contributed by atoms with van der Waals surface area (Å²) in [4.78, 5) is 14.4. The van der Waals surface area contributed by atoms with Crippen LogP contribution in [0.3, 0.4) is 0 Å². The molecule has 1 aromatic carbocycles. The van der Waals surface area contributed by atoms with E-state index in [1.807, 2.05) is 35.2 Å². The average Bonchev–Trinajstić information content (AvgIpc) is 2.41. The minimum atomic E-state index is 0. The van der Waals surface area contributed by atoms with Gasteiger partial charge in [-0.15, -0.1) is 12.4 Å². The van der Waals surface area contributed by atoms with Gasteiger partial charge in [0.05, 0.1) is 6.42 Å². The number of piperidine rings is 1. The number of amides is 1. The second kappa shape index (κ2) is 8.18. The van der Waals surface area contributed by atoms with Crippen molar-refractivity contribution >= 4 is 18.3 Å². The summed E-state index contributed by atoms with van der Waals surface area (Å²) in [5.41, 5.74) is 6.73. The van der Waals surface area contributed by atoms with Crippen molar-refractivity contribution < 1.29 is 4.79 Å². The Morgan fingerprint density at radius 3 is 2.68 bits per heavy atom. The van der Waals surface area contributed by atoms with Crippen LogP contribution >= 0.6 is 12.4 Å². The molecular weight excluding hydrogens is 260 g/mol. The lowest BCUT2D eigenvalue weighted by Gasteiger charge is -2.35. The molecule has 19 heavy (non-hydrogen) atoms. The van der Waals surface area contributed by atoms with E-state index in [9.17, 15) is 4.79 Å². The van der Waals surface area contributed by atoms with E-state index in [4.69, 9.17) is 5.73 Å². The van der Waals surface area contributed by atoms with Gasteiger partial charge < -0.3 is 10.6 Å². The van der Waals surface area contributed by atoms with Crippen LogP contribution < -0.4 is 5.73 Å². The van der Waals surface area contributed by atoms with Crippen LogP contribution in [0.25, 0.3) is 0 Å². The highest BCUT2D eigenvalue weighted by atomic mass is 35.5. The van der Waals surface area contributed by atoms with Crippen LogP contribution in [0.15, 0.2) is 30.3 Å². The second-order valence-electron chi connectivity index (χ2n) is 4.98. The summed E-state index contributed by atoms with van der Waals surface area (Å²) in [5.74, 6) is 0.249. The predicted molar refractivity (Wildman–Crippen MR) is 80.4 cm³/mol. The lowest BCUT2D eigenvalue weighted by atomic mass is 9.98. The molecule has 1 heterocycles. The zero-order chi connectivity index (χ0) is 12.8. The molecule has 2 N–H and O–H groups in total. The van der Waals surface area contributed by atoms with E-state index >= 15 is 0 Å². The van der Waals surface area contributed by atoms with Crippen LogP contribution in [0.2, 0.25) is 0 Å². The van der Waals surface area contributed by atoms with Crippen LogP contribution in [0, 0.1) is 0 Å². The van der Waals surface area contributed by atoms with Gasteiger partial charge >= 0.3 is 0 Å². The van der Waals surface area contributed by atoms with Gasteiger partial charge in [0.25, 0.3) is 0 Å². The summed E-state index contributed by atoms with van der Waals surface area (Å²) in [7, 11) is 0. The highest BCUT2D eigenvalue weighted by molar-refractivity contribution is 5.85. The van der Waals surface area contributed by atoms with Crippen molar-refractivity contribution in [3.63, 3.8) is 0 Å². The minimum absolute atomic E-state index is 0. The molecular formula is C15H23ClN2O. The van der Waals surface area contributed by atoms with Gasteiger partial charge in [0.15, 0.2) is 0 Å². The fourth-order valence-electron chi connectivity index (χ4n) is 2.69. The maximum absolute atomic E-state index is 12.3. The van der Waals surface area contributed by atoms with Crippen LogP contribution in [0.1, 0.15) is 31.2 Å². The minimum Gasteiger partial charge on any atom is -0.339 e. The Morgan fingerprint density at radius 1 is 1.26 bits per heavy atom. The van der Waals surface area contributed by atoms with Gasteiger partial charge in [-0.05, 0) is 37.8 Å². The van der Waals surface area contributed by atoms with Crippen molar-refractivity contribution in [2.24, 2.45) is 5.73 Å². The van der Waals surface area contributed by atoms with E-state index in [-0.39, 0.29) is 18.3 Å². The maximum atomic E-state index is 12.3. The molecule has 1 aromatic rings. The maximum Gasteiger partial charge on any atom is 0.227 e. The van der Waals surface area contributed by atoms with E-state index in [1.165, 1.54) is 6.42 Å². The number of halogens is 1. The summed E-state index contributed by atoms with van der Waals surface area (Å²) in [6.07, 6.45) is 4.90. The number of hydrogen-bond donors (Lipinski definition) is 1. The monoisotopic (exact) mass is 282 g/mol. The first kappa shape index (κ1) is 16.0. The number of benzene rings is 1. The van der Waals surface area contributed by atoms with Gasteiger partial charge in [0, 0.05) is 12.6 Å². The summed E-state index contributed by atoms with van der Waals surface area (Å²) >= 11 is 0. The standard InChI is InChI=1S/C15H22N2O.ClH/c16-10-9-14-8-4-5-11-17(14)15(18)12-13-6-2-1-3-7-13;/h1-3,6-7,14H,4-5,8-12,16H2;1H. The number of nitrogens with two attached hydrogens (primary N) is 1. The van der Waals surface area contributed by atoms with Gasteiger partial charge in [0.2, 0.25) is 5.91 Å². The zero-order valence-electron chi connectivity index (χ0n) is 11.3. The molecule has 3 nitrogen and oxygen atoms in total. The lowest BCUT2D eigenvalue weighted by molar-refractivity contribution is -0.134. The molecule has 1 saturated heterocycles. The largest absolute Gasteiger partial charge is 0.339 e. The van der Waals surface area contributed by atoms with Crippen molar-refractivity contribution in [2.75, 3.05) is 13.1 Å². The molecule has 1 atom stereocenters. The van der Waals surface area contributed by atoms with Crippen molar-refractivity contribution in [2.45, 2.75) is 38.1 Å². The number of likely N-dealkylation sites (tertiary alicyclic amines) is 1. The van der Waals surface area contributed by atoms with Gasteiger partial charge in [-0.1, -0.05) is 30.3 Å². The number of hydrogen-bond acceptors (Lipinski definition) is 2. The SMILES string of the molecule is Cl.NCCC1CCCCN1C(=O)Cc1ccccc1. The molecule has 2 rings (SSSR count). The molecule has 0 bridgehead atoms. The first-order valence-electron chi connectivity index (χ1n) is 6.84. The third kappa shape index (κ3) is 4.51. The van der Waals surface area contributed by atoms with E-state index in [0.29, 0.717) is 19.0 Å². The normalized spacial score (nSPS) is 18.8. The lowest BCUT2D eigenvalue weighted by Crippen LogP contribution is -2.45. The van der Waals surface area contributed by atoms with E-state index < -0.39 is 0 Å². The Balaban J connectivity index is 0.00000180. The summed E-state index contributed by atoms with van der Waals surface area (Å²) in [6, 6.07) is 10.3. The Kier molecular flexibility index (Phi) is 6.89. The zero-order valence-corrected chi connectivity index (χ0v) is 12.1. The van der Waals surface area contributed by atoms with Crippen molar-refractivity contribution in [3.05, 3.63) is 35.9 Å². The van der Waals surface area contributed by atoms with E-state index in [2.05, 4.69) is 0 Å². The number of carbonyl (C=O) groups excluding carboxylic acids is 1. The highest BCUT2D eigenvalue weighted by Crippen LogP contribution is 2.20. The Labute approximate surface area is 121 Å². The fourth-order valence-corrected chi connectivity index (χ4v) is 2.69. The molecule has 0 aliphatic carbocycles. The predicted octanol–water partition coefficient (Wildman–Crippen LogP) is 2.38. The first-order chi connectivity index (χ1) is 8.81. The van der Waals surface area contributed by atoms with Crippen LogP contribution in [0.4, 0.5) is 0 Å². The van der Waals surface area contributed by atoms with Crippen LogP contribution in [-0.4, -0.2) is 29.9 Å². The second-order valence-corrected chi connectivity index (χ2v) is 4.98. The van der Waals surface area contributed by atoms with E-state index in [0.717, 1.165) is 31.4 Å². The van der Waals surface area contributed by atoms with Crippen molar-refractivity contribution in [3.8, 4) is 0 Å². The molecule has 106 valence electrons. The number of nitrogens with zero attached hydrogens (tertiary/aromatic N) is 1. The number of carbonyl (C=O) groups is 1. The average molecular weight is 283 g/mol. The molecule has 1 aliphatic rings. The molecule has 0 aromatic heterocycles. The van der Waals surface area contributed by atoms with Gasteiger partial charge in [-0.25, -0.2) is 0 Å². The molecule has 0 saturated carbocycles.